The number of nitrogens with zero attached hydrogens (tertiary/aromatic N) is 1. The van der Waals surface area contributed by atoms with Gasteiger partial charge in [0.1, 0.15) is 10.0 Å². The number of rotatable bonds is 4. The van der Waals surface area contributed by atoms with Gasteiger partial charge in [0.05, 0.1) is 0 Å². The molecule has 1 atom stereocenters. The molecule has 2 aromatic rings. The van der Waals surface area contributed by atoms with E-state index in [9.17, 15) is 12.8 Å². The third-order valence-corrected chi connectivity index (χ3v) is 7.41. The zero-order valence-corrected chi connectivity index (χ0v) is 14.0. The van der Waals surface area contributed by atoms with E-state index in [2.05, 4.69) is 0 Å². The Bertz CT molecular complexity index is 753. The molecule has 2 heterocycles. The molecule has 0 saturated carbocycles. The lowest BCUT2D eigenvalue weighted by molar-refractivity contribution is 0.386. The molecule has 1 aromatic carbocycles. The van der Waals surface area contributed by atoms with Crippen LogP contribution < -0.4 is 0 Å². The van der Waals surface area contributed by atoms with Gasteiger partial charge in [-0.2, -0.15) is 4.31 Å². The summed E-state index contributed by atoms with van der Waals surface area (Å²) in [5.74, 6) is -0.270. The molecule has 3 rings (SSSR count). The highest BCUT2D eigenvalue weighted by molar-refractivity contribution is 7.91. The molecule has 1 aliphatic rings. The Labute approximate surface area is 134 Å². The van der Waals surface area contributed by atoms with E-state index in [1.54, 1.807) is 22.5 Å². The molecule has 1 aromatic heterocycles. The molecule has 118 valence electrons. The van der Waals surface area contributed by atoms with Crippen molar-refractivity contribution in [2.45, 2.75) is 36.4 Å². The summed E-state index contributed by atoms with van der Waals surface area (Å²) in [5.41, 5.74) is 0.968. The molecule has 0 N–H and O–H groups in total. The van der Waals surface area contributed by atoms with Crippen LogP contribution in [-0.2, 0) is 16.4 Å². The standard InChI is InChI=1S/C16H18FNO2S2/c1-12-4-9-16(21-12)22(19,20)18-10-2-3-15(18)11-13-5-7-14(17)8-6-13/h4-9,15H,2-3,10-11H2,1H3. The van der Waals surface area contributed by atoms with Gasteiger partial charge in [-0.15, -0.1) is 11.3 Å². The lowest BCUT2D eigenvalue weighted by Crippen LogP contribution is -2.36. The number of hydrogen-bond donors (Lipinski definition) is 0. The third-order valence-electron chi connectivity index (χ3n) is 3.99. The molecule has 0 bridgehead atoms. The Morgan fingerprint density at radius 2 is 1.95 bits per heavy atom. The van der Waals surface area contributed by atoms with Crippen molar-refractivity contribution in [1.82, 2.24) is 4.31 Å². The van der Waals surface area contributed by atoms with Gasteiger partial charge in [-0.05, 0) is 56.0 Å². The molecular formula is C16H18FNO2S2. The monoisotopic (exact) mass is 339 g/mol. The van der Waals surface area contributed by atoms with Gasteiger partial charge in [-0.25, -0.2) is 12.8 Å². The van der Waals surface area contributed by atoms with E-state index in [0.717, 1.165) is 23.3 Å². The van der Waals surface area contributed by atoms with Crippen molar-refractivity contribution in [3.05, 3.63) is 52.7 Å². The van der Waals surface area contributed by atoms with Gasteiger partial charge in [0.25, 0.3) is 10.0 Å². The van der Waals surface area contributed by atoms with E-state index in [0.29, 0.717) is 17.2 Å². The average molecular weight is 339 g/mol. The summed E-state index contributed by atoms with van der Waals surface area (Å²) in [6, 6.07) is 9.78. The SMILES string of the molecule is Cc1ccc(S(=O)(=O)N2CCCC2Cc2ccc(F)cc2)s1. The molecule has 6 heteroatoms. The van der Waals surface area contributed by atoms with E-state index < -0.39 is 10.0 Å². The summed E-state index contributed by atoms with van der Waals surface area (Å²) in [4.78, 5) is 0.993. The molecule has 1 saturated heterocycles. The fourth-order valence-electron chi connectivity index (χ4n) is 2.89. The molecule has 0 radical (unpaired) electrons. The van der Waals surface area contributed by atoms with E-state index in [1.807, 2.05) is 13.0 Å². The quantitative estimate of drug-likeness (QED) is 0.854. The predicted molar refractivity (Wildman–Crippen MR) is 86.1 cm³/mol. The van der Waals surface area contributed by atoms with Gasteiger partial charge >= 0.3 is 0 Å². The van der Waals surface area contributed by atoms with Crippen LogP contribution in [0.1, 0.15) is 23.3 Å². The summed E-state index contributed by atoms with van der Waals surface area (Å²) in [6.07, 6.45) is 2.35. The average Bonchev–Trinajstić information content (AvgIpc) is 3.11. The smallest absolute Gasteiger partial charge is 0.207 e. The zero-order chi connectivity index (χ0) is 15.7. The summed E-state index contributed by atoms with van der Waals surface area (Å²) in [7, 11) is -3.42. The second-order valence-corrected chi connectivity index (χ2v) is 9.01. The molecule has 1 unspecified atom stereocenters. The van der Waals surface area contributed by atoms with Crippen LogP contribution in [-0.4, -0.2) is 25.3 Å². The van der Waals surface area contributed by atoms with Gasteiger partial charge in [-0.1, -0.05) is 12.1 Å². The Morgan fingerprint density at radius 3 is 2.59 bits per heavy atom. The minimum atomic E-state index is -3.42. The maximum atomic E-state index is 13.0. The lowest BCUT2D eigenvalue weighted by Gasteiger charge is -2.23. The first-order valence-corrected chi connectivity index (χ1v) is 9.55. The Balaban J connectivity index is 1.82. The number of benzene rings is 1. The first-order valence-electron chi connectivity index (χ1n) is 7.29. The van der Waals surface area contributed by atoms with Crippen molar-refractivity contribution >= 4 is 21.4 Å². The minimum absolute atomic E-state index is 0.0436. The van der Waals surface area contributed by atoms with E-state index in [-0.39, 0.29) is 11.9 Å². The van der Waals surface area contributed by atoms with Gasteiger partial charge in [-0.3, -0.25) is 0 Å². The molecule has 0 amide bonds. The molecule has 3 nitrogen and oxygen atoms in total. The van der Waals surface area contributed by atoms with Crippen molar-refractivity contribution in [3.63, 3.8) is 0 Å². The van der Waals surface area contributed by atoms with Crippen LogP contribution in [0.3, 0.4) is 0 Å². The summed E-state index contributed by atoms with van der Waals surface area (Å²) >= 11 is 1.31. The number of halogens is 1. The zero-order valence-electron chi connectivity index (χ0n) is 12.3. The van der Waals surface area contributed by atoms with Crippen LogP contribution in [0.15, 0.2) is 40.6 Å². The van der Waals surface area contributed by atoms with Crippen LogP contribution in [0.4, 0.5) is 4.39 Å². The van der Waals surface area contributed by atoms with Crippen LogP contribution >= 0.6 is 11.3 Å². The second-order valence-electron chi connectivity index (χ2n) is 5.61. The normalized spacial score (nSPS) is 19.6. The van der Waals surface area contributed by atoms with Gasteiger partial charge in [0, 0.05) is 17.5 Å². The number of sulfonamides is 1. The van der Waals surface area contributed by atoms with E-state index >= 15 is 0 Å². The van der Waals surface area contributed by atoms with Crippen molar-refractivity contribution in [3.8, 4) is 0 Å². The fraction of sp³-hybridized carbons (Fsp3) is 0.375. The van der Waals surface area contributed by atoms with Crippen LogP contribution in [0.2, 0.25) is 0 Å². The maximum absolute atomic E-state index is 13.0. The molecule has 0 spiro atoms. The summed E-state index contributed by atoms with van der Waals surface area (Å²) in [5, 5.41) is 0. The third kappa shape index (κ3) is 3.09. The van der Waals surface area contributed by atoms with Gasteiger partial charge in [0.15, 0.2) is 0 Å². The summed E-state index contributed by atoms with van der Waals surface area (Å²) in [6.45, 7) is 2.47. The Hall–Kier alpha value is -1.24. The number of thiophene rings is 1. The van der Waals surface area contributed by atoms with E-state index in [4.69, 9.17) is 0 Å². The van der Waals surface area contributed by atoms with Crippen molar-refractivity contribution in [2.24, 2.45) is 0 Å². The molecule has 1 fully saturated rings. The molecular weight excluding hydrogens is 321 g/mol. The highest BCUT2D eigenvalue weighted by Crippen LogP contribution is 2.31. The van der Waals surface area contributed by atoms with Gasteiger partial charge < -0.3 is 0 Å². The van der Waals surface area contributed by atoms with Crippen molar-refractivity contribution < 1.29 is 12.8 Å². The first kappa shape index (κ1) is 15.6. The number of aryl methyl sites for hydroxylation is 1. The fourth-order valence-corrected chi connectivity index (χ4v) is 5.99. The maximum Gasteiger partial charge on any atom is 0.252 e. The first-order chi connectivity index (χ1) is 10.5. The topological polar surface area (TPSA) is 37.4 Å². The van der Waals surface area contributed by atoms with Gasteiger partial charge in [0.2, 0.25) is 0 Å². The Morgan fingerprint density at radius 1 is 1.23 bits per heavy atom. The molecule has 22 heavy (non-hydrogen) atoms. The lowest BCUT2D eigenvalue weighted by atomic mass is 10.0. The predicted octanol–water partition coefficient (Wildman–Crippen LogP) is 3.59. The Kier molecular flexibility index (Phi) is 4.34. The largest absolute Gasteiger partial charge is 0.252 e. The van der Waals surface area contributed by atoms with Crippen molar-refractivity contribution in [1.29, 1.82) is 0 Å². The van der Waals surface area contributed by atoms with E-state index in [1.165, 1.54) is 23.5 Å². The van der Waals surface area contributed by atoms with Crippen LogP contribution in [0.5, 0.6) is 0 Å². The highest BCUT2D eigenvalue weighted by atomic mass is 32.2. The highest BCUT2D eigenvalue weighted by Gasteiger charge is 2.35. The van der Waals surface area contributed by atoms with Crippen LogP contribution in [0, 0.1) is 12.7 Å². The molecule has 0 aliphatic carbocycles. The summed E-state index contributed by atoms with van der Waals surface area (Å²) < 4.78 is 40.6. The van der Waals surface area contributed by atoms with Crippen molar-refractivity contribution in [2.75, 3.05) is 6.54 Å². The molecule has 1 aliphatic heterocycles. The second kappa shape index (κ2) is 6.10. The minimum Gasteiger partial charge on any atom is -0.207 e. The van der Waals surface area contributed by atoms with Crippen LogP contribution in [0.25, 0.3) is 0 Å². The number of hydrogen-bond acceptors (Lipinski definition) is 3.